The molecule has 0 fully saturated rings. The summed E-state index contributed by atoms with van der Waals surface area (Å²) < 4.78 is 0. The van der Waals surface area contributed by atoms with Gasteiger partial charge in [-0.05, 0) is 34.7 Å². The fraction of sp³-hybridized carbons (Fsp3) is 0.294. The monoisotopic (exact) mass is 296 g/mol. The van der Waals surface area contributed by atoms with Crippen LogP contribution in [0.4, 0.5) is 0 Å². The van der Waals surface area contributed by atoms with E-state index in [1.54, 1.807) is 0 Å². The normalized spacial score (nSPS) is 12.0. The first-order chi connectivity index (χ1) is 10.4. The number of fused-ring (bicyclic) bond motifs is 1. The van der Waals surface area contributed by atoms with Crippen LogP contribution in [0.5, 0.6) is 5.75 Å². The summed E-state index contributed by atoms with van der Waals surface area (Å²) in [4.78, 5) is 0. The van der Waals surface area contributed by atoms with E-state index in [2.05, 4.69) is 36.2 Å². The molecular weight excluding hydrogens is 276 g/mol. The second-order valence-electron chi connectivity index (χ2n) is 6.52. The Morgan fingerprint density at radius 3 is 2.50 bits per heavy atom. The summed E-state index contributed by atoms with van der Waals surface area (Å²) in [5.41, 5.74) is 10.8. The number of nitrogens with one attached hydrogen (secondary N) is 1. The molecule has 0 atom stereocenters. The van der Waals surface area contributed by atoms with Crippen LogP contribution in [-0.2, 0) is 12.0 Å². The molecule has 22 heavy (non-hydrogen) atoms. The van der Waals surface area contributed by atoms with E-state index in [4.69, 9.17) is 5.73 Å². The third kappa shape index (κ3) is 2.44. The van der Waals surface area contributed by atoms with Gasteiger partial charge in [0.2, 0.25) is 0 Å². The van der Waals surface area contributed by atoms with Crippen molar-refractivity contribution >= 4 is 11.0 Å². The third-order valence-electron chi connectivity index (χ3n) is 3.84. The minimum absolute atomic E-state index is 0.165. The first kappa shape index (κ1) is 14.5. The number of benzene rings is 2. The molecule has 1 heterocycles. The third-order valence-corrected chi connectivity index (χ3v) is 3.84. The average Bonchev–Trinajstić information content (AvgIpc) is 2.93. The molecule has 0 radical (unpaired) electrons. The Labute approximate surface area is 129 Å². The van der Waals surface area contributed by atoms with Crippen molar-refractivity contribution in [3.8, 4) is 16.9 Å². The van der Waals surface area contributed by atoms with Crippen LogP contribution in [0.15, 0.2) is 30.3 Å². The molecule has 0 aliphatic rings. The zero-order valence-electron chi connectivity index (χ0n) is 13.0. The number of aromatic nitrogens is 3. The average molecular weight is 296 g/mol. The van der Waals surface area contributed by atoms with E-state index in [0.29, 0.717) is 12.3 Å². The van der Waals surface area contributed by atoms with Crippen LogP contribution in [0.1, 0.15) is 31.9 Å². The predicted molar refractivity (Wildman–Crippen MR) is 87.6 cm³/mol. The number of hydrogen-bond donors (Lipinski definition) is 3. The molecule has 0 aliphatic heterocycles. The first-order valence-electron chi connectivity index (χ1n) is 7.27. The van der Waals surface area contributed by atoms with Crippen molar-refractivity contribution in [2.45, 2.75) is 32.7 Å². The van der Waals surface area contributed by atoms with Crippen molar-refractivity contribution < 1.29 is 5.11 Å². The molecule has 3 aromatic rings. The number of phenolic OH excluding ortho intramolecular Hbond substituents is 1. The zero-order valence-corrected chi connectivity index (χ0v) is 13.0. The van der Waals surface area contributed by atoms with Gasteiger partial charge in [0.05, 0.1) is 0 Å². The highest BCUT2D eigenvalue weighted by atomic mass is 16.3. The largest absolute Gasteiger partial charge is 0.507 e. The molecule has 0 spiro atoms. The van der Waals surface area contributed by atoms with E-state index in [9.17, 15) is 5.11 Å². The smallest absolute Gasteiger partial charge is 0.127 e. The first-order valence-corrected chi connectivity index (χ1v) is 7.27. The van der Waals surface area contributed by atoms with Gasteiger partial charge in [-0.15, -0.1) is 0 Å². The van der Waals surface area contributed by atoms with E-state index < -0.39 is 0 Å². The highest BCUT2D eigenvalue weighted by Gasteiger charge is 2.22. The molecule has 114 valence electrons. The minimum atomic E-state index is -0.165. The number of aromatic amines is 1. The van der Waals surface area contributed by atoms with Crippen LogP contribution >= 0.6 is 0 Å². The van der Waals surface area contributed by atoms with Gasteiger partial charge in [0.15, 0.2) is 0 Å². The number of nitrogens with zero attached hydrogens (tertiary/aromatic N) is 2. The number of H-pyrrole nitrogens is 1. The highest BCUT2D eigenvalue weighted by molar-refractivity contribution is 5.83. The quantitative estimate of drug-likeness (QED) is 0.678. The zero-order chi connectivity index (χ0) is 15.9. The Bertz CT molecular complexity index is 830. The minimum Gasteiger partial charge on any atom is -0.507 e. The van der Waals surface area contributed by atoms with Crippen LogP contribution in [0.3, 0.4) is 0 Å². The second-order valence-corrected chi connectivity index (χ2v) is 6.52. The summed E-state index contributed by atoms with van der Waals surface area (Å²) in [6.45, 7) is 6.66. The Morgan fingerprint density at radius 2 is 1.82 bits per heavy atom. The summed E-state index contributed by atoms with van der Waals surface area (Å²) in [6, 6.07) is 9.66. The lowest BCUT2D eigenvalue weighted by Gasteiger charge is -2.23. The van der Waals surface area contributed by atoms with E-state index >= 15 is 0 Å². The summed E-state index contributed by atoms with van der Waals surface area (Å²) >= 11 is 0. The number of rotatable bonds is 2. The van der Waals surface area contributed by atoms with Gasteiger partial charge in [-0.25, -0.2) is 0 Å². The number of nitrogens with two attached hydrogens (primary N) is 1. The maximum atomic E-state index is 10.7. The molecule has 5 heteroatoms. The van der Waals surface area contributed by atoms with E-state index in [-0.39, 0.29) is 5.41 Å². The van der Waals surface area contributed by atoms with Crippen LogP contribution in [0.25, 0.3) is 22.2 Å². The Balaban J connectivity index is 2.24. The van der Waals surface area contributed by atoms with Crippen LogP contribution in [-0.4, -0.2) is 20.5 Å². The lowest BCUT2D eigenvalue weighted by atomic mass is 9.83. The van der Waals surface area contributed by atoms with Gasteiger partial charge in [-0.1, -0.05) is 32.9 Å². The van der Waals surface area contributed by atoms with Gasteiger partial charge >= 0.3 is 0 Å². The van der Waals surface area contributed by atoms with Crippen molar-refractivity contribution in [2.75, 3.05) is 0 Å². The van der Waals surface area contributed by atoms with Crippen LogP contribution < -0.4 is 5.73 Å². The van der Waals surface area contributed by atoms with Crippen molar-refractivity contribution in [1.29, 1.82) is 0 Å². The fourth-order valence-electron chi connectivity index (χ4n) is 2.61. The van der Waals surface area contributed by atoms with Gasteiger partial charge < -0.3 is 10.8 Å². The summed E-state index contributed by atoms with van der Waals surface area (Å²) in [5.74, 6) is 0.299. The topological polar surface area (TPSA) is 87.8 Å². The summed E-state index contributed by atoms with van der Waals surface area (Å²) in [5, 5.41) is 21.5. The van der Waals surface area contributed by atoms with E-state index in [1.165, 1.54) is 0 Å². The van der Waals surface area contributed by atoms with E-state index in [1.807, 2.05) is 30.3 Å². The lowest BCUT2D eigenvalue weighted by molar-refractivity contribution is 0.448. The van der Waals surface area contributed by atoms with Gasteiger partial charge in [0.25, 0.3) is 0 Å². The van der Waals surface area contributed by atoms with Crippen molar-refractivity contribution in [1.82, 2.24) is 15.4 Å². The molecule has 0 amide bonds. The lowest BCUT2D eigenvalue weighted by Crippen LogP contribution is -2.13. The molecule has 2 aromatic carbocycles. The van der Waals surface area contributed by atoms with Crippen molar-refractivity contribution in [3.05, 3.63) is 41.5 Å². The molecule has 0 unspecified atom stereocenters. The van der Waals surface area contributed by atoms with E-state index in [0.717, 1.165) is 33.3 Å². The Morgan fingerprint density at radius 1 is 1.09 bits per heavy atom. The second kappa shape index (κ2) is 5.10. The molecule has 0 bridgehead atoms. The van der Waals surface area contributed by atoms with Gasteiger partial charge in [-0.3, -0.25) is 0 Å². The molecule has 3 rings (SSSR count). The Hall–Kier alpha value is -2.40. The number of phenols is 1. The Kier molecular flexibility index (Phi) is 3.37. The summed E-state index contributed by atoms with van der Waals surface area (Å²) in [7, 11) is 0. The predicted octanol–water partition coefficient (Wildman–Crippen LogP) is 3.09. The van der Waals surface area contributed by atoms with Crippen LogP contribution in [0.2, 0.25) is 0 Å². The van der Waals surface area contributed by atoms with Crippen molar-refractivity contribution in [3.63, 3.8) is 0 Å². The molecule has 0 saturated heterocycles. The standard InChI is InChI=1S/C17H20N4O/c1-17(2,3)13-7-10(9-18)6-12(16(13)22)11-4-5-14-15(8-11)20-21-19-14/h4-8,22H,9,18H2,1-3H3,(H,19,20,21). The molecule has 0 aliphatic carbocycles. The molecule has 4 N–H and O–H groups in total. The number of hydrogen-bond acceptors (Lipinski definition) is 4. The van der Waals surface area contributed by atoms with Crippen molar-refractivity contribution in [2.24, 2.45) is 5.73 Å². The fourth-order valence-corrected chi connectivity index (χ4v) is 2.61. The van der Waals surface area contributed by atoms with Gasteiger partial charge in [0.1, 0.15) is 16.8 Å². The maximum absolute atomic E-state index is 10.7. The molecule has 5 nitrogen and oxygen atoms in total. The van der Waals surface area contributed by atoms with Gasteiger partial charge in [0, 0.05) is 17.7 Å². The van der Waals surface area contributed by atoms with Crippen LogP contribution in [0, 0.1) is 0 Å². The number of aromatic hydroxyl groups is 1. The molecule has 1 aromatic heterocycles. The maximum Gasteiger partial charge on any atom is 0.127 e. The highest BCUT2D eigenvalue weighted by Crippen LogP contribution is 2.39. The molecular formula is C17H20N4O. The van der Waals surface area contributed by atoms with Gasteiger partial charge in [-0.2, -0.15) is 15.4 Å². The summed E-state index contributed by atoms with van der Waals surface area (Å²) in [6.07, 6.45) is 0. The molecule has 0 saturated carbocycles. The SMILES string of the molecule is CC(C)(C)c1cc(CN)cc(-c2ccc3n[nH]nc3c2)c1O.